The maximum absolute atomic E-state index is 11.5. The van der Waals surface area contributed by atoms with Crippen molar-refractivity contribution in [1.29, 1.82) is 0 Å². The summed E-state index contributed by atoms with van der Waals surface area (Å²) in [6.45, 7) is 6.06. The molecule has 0 amide bonds. The number of allylic oxidation sites excluding steroid dienone is 1. The van der Waals surface area contributed by atoms with Crippen molar-refractivity contribution in [3.63, 3.8) is 0 Å². The van der Waals surface area contributed by atoms with Crippen molar-refractivity contribution in [2.75, 3.05) is 7.11 Å². The van der Waals surface area contributed by atoms with E-state index >= 15 is 0 Å². The largest absolute Gasteiger partial charge is 0.465 e. The van der Waals surface area contributed by atoms with Crippen LogP contribution in [0, 0.1) is 11.3 Å². The number of ketones is 1. The second-order valence-corrected chi connectivity index (χ2v) is 4.40. The van der Waals surface area contributed by atoms with Crippen LogP contribution in [0.2, 0.25) is 0 Å². The summed E-state index contributed by atoms with van der Waals surface area (Å²) in [6, 6.07) is 0. The van der Waals surface area contributed by atoms with Crippen molar-refractivity contribution in [2.24, 2.45) is 11.3 Å². The first-order valence-corrected chi connectivity index (χ1v) is 4.73. The Labute approximate surface area is 84.1 Å². The maximum atomic E-state index is 11.5. The van der Waals surface area contributed by atoms with E-state index in [9.17, 15) is 9.59 Å². The minimum Gasteiger partial charge on any atom is -0.465 e. The molecule has 0 N–H and O–H groups in total. The number of hydrogen-bond acceptors (Lipinski definition) is 3. The Kier molecular flexibility index (Phi) is 2.79. The number of esters is 1. The van der Waals surface area contributed by atoms with Crippen molar-refractivity contribution in [3.8, 4) is 0 Å². The van der Waals surface area contributed by atoms with Gasteiger partial charge < -0.3 is 4.74 Å². The van der Waals surface area contributed by atoms with E-state index in [2.05, 4.69) is 4.74 Å². The van der Waals surface area contributed by atoms with Gasteiger partial charge in [-0.3, -0.25) is 4.79 Å². The second kappa shape index (κ2) is 3.56. The van der Waals surface area contributed by atoms with Crippen LogP contribution in [0.1, 0.15) is 27.2 Å². The van der Waals surface area contributed by atoms with Gasteiger partial charge in [0, 0.05) is 6.42 Å². The molecular formula is C11H16O3. The third-order valence-electron chi connectivity index (χ3n) is 2.98. The first-order valence-electron chi connectivity index (χ1n) is 4.73. The second-order valence-electron chi connectivity index (χ2n) is 4.40. The van der Waals surface area contributed by atoms with Gasteiger partial charge in [0.05, 0.1) is 12.7 Å². The molecule has 0 saturated heterocycles. The number of carbonyl (C=O) groups excluding carboxylic acids is 2. The molecule has 3 heteroatoms. The van der Waals surface area contributed by atoms with Gasteiger partial charge in [0.25, 0.3) is 0 Å². The first kappa shape index (κ1) is 11.0. The van der Waals surface area contributed by atoms with Crippen molar-refractivity contribution < 1.29 is 14.3 Å². The zero-order valence-electron chi connectivity index (χ0n) is 9.09. The highest BCUT2D eigenvalue weighted by Gasteiger charge is 2.35. The smallest absolute Gasteiger partial charge is 0.341 e. The van der Waals surface area contributed by atoms with Gasteiger partial charge in [0.15, 0.2) is 5.78 Å². The summed E-state index contributed by atoms with van der Waals surface area (Å²) in [5, 5.41) is 0. The fourth-order valence-corrected chi connectivity index (χ4v) is 1.53. The molecule has 1 aliphatic carbocycles. The standard InChI is InChI=1S/C11H16O3/c1-7-5-9(12)8(10(13)14-4)6-11(7,2)3/h6-7H,5H2,1-4H3. The van der Waals surface area contributed by atoms with E-state index in [1.165, 1.54) is 7.11 Å². The summed E-state index contributed by atoms with van der Waals surface area (Å²) in [6.07, 6.45) is 2.16. The maximum Gasteiger partial charge on any atom is 0.341 e. The number of methoxy groups -OCH3 is 1. The van der Waals surface area contributed by atoms with E-state index in [0.717, 1.165) is 0 Å². The summed E-state index contributed by atoms with van der Waals surface area (Å²) in [7, 11) is 1.29. The van der Waals surface area contributed by atoms with Crippen LogP contribution in [0.3, 0.4) is 0 Å². The van der Waals surface area contributed by atoms with Crippen LogP contribution < -0.4 is 0 Å². The molecule has 0 aliphatic heterocycles. The molecule has 3 nitrogen and oxygen atoms in total. The van der Waals surface area contributed by atoms with Crippen LogP contribution in [-0.4, -0.2) is 18.9 Å². The number of Topliss-reactive ketones (excluding diaryl/α,β-unsaturated/α-hetero) is 1. The summed E-state index contributed by atoms with van der Waals surface area (Å²) >= 11 is 0. The Morgan fingerprint density at radius 2 is 2.14 bits per heavy atom. The normalized spacial score (nSPS) is 25.6. The number of ether oxygens (including phenoxy) is 1. The monoisotopic (exact) mass is 196 g/mol. The van der Waals surface area contributed by atoms with Crippen molar-refractivity contribution in [3.05, 3.63) is 11.6 Å². The quantitative estimate of drug-likeness (QED) is 0.473. The average Bonchev–Trinajstić information content (AvgIpc) is 2.10. The molecule has 0 fully saturated rings. The van der Waals surface area contributed by atoms with Crippen LogP contribution in [0.4, 0.5) is 0 Å². The number of rotatable bonds is 1. The third kappa shape index (κ3) is 1.86. The third-order valence-corrected chi connectivity index (χ3v) is 2.98. The molecule has 1 rings (SSSR count). The van der Waals surface area contributed by atoms with Gasteiger partial charge in [-0.15, -0.1) is 0 Å². The lowest BCUT2D eigenvalue weighted by Gasteiger charge is -2.32. The van der Waals surface area contributed by atoms with Gasteiger partial charge in [0.2, 0.25) is 0 Å². The lowest BCUT2D eigenvalue weighted by molar-refractivity contribution is -0.138. The molecule has 78 valence electrons. The first-order chi connectivity index (χ1) is 6.38. The topological polar surface area (TPSA) is 43.4 Å². The highest BCUT2D eigenvalue weighted by atomic mass is 16.5. The van der Waals surface area contributed by atoms with Gasteiger partial charge in [-0.25, -0.2) is 4.79 Å². The van der Waals surface area contributed by atoms with Gasteiger partial charge in [0.1, 0.15) is 0 Å². The molecule has 0 aromatic rings. The van der Waals surface area contributed by atoms with Gasteiger partial charge in [-0.2, -0.15) is 0 Å². The molecular weight excluding hydrogens is 180 g/mol. The molecule has 1 aliphatic rings. The van der Waals surface area contributed by atoms with E-state index in [1.807, 2.05) is 20.8 Å². The van der Waals surface area contributed by atoms with Crippen molar-refractivity contribution in [1.82, 2.24) is 0 Å². The molecule has 0 bridgehead atoms. The minimum atomic E-state index is -0.519. The molecule has 0 saturated carbocycles. The Hall–Kier alpha value is -1.12. The average molecular weight is 196 g/mol. The fourth-order valence-electron chi connectivity index (χ4n) is 1.53. The van der Waals surface area contributed by atoms with Crippen LogP contribution in [0.25, 0.3) is 0 Å². The molecule has 14 heavy (non-hydrogen) atoms. The van der Waals surface area contributed by atoms with Gasteiger partial charge >= 0.3 is 5.97 Å². The zero-order chi connectivity index (χ0) is 10.9. The summed E-state index contributed by atoms with van der Waals surface area (Å²) in [4.78, 5) is 22.8. The molecule has 1 atom stereocenters. The Morgan fingerprint density at radius 1 is 1.57 bits per heavy atom. The van der Waals surface area contributed by atoms with Crippen LogP contribution in [0.15, 0.2) is 11.6 Å². The fraction of sp³-hybridized carbons (Fsp3) is 0.636. The van der Waals surface area contributed by atoms with E-state index < -0.39 is 5.97 Å². The van der Waals surface area contributed by atoms with Gasteiger partial charge in [-0.1, -0.05) is 26.8 Å². The van der Waals surface area contributed by atoms with E-state index in [0.29, 0.717) is 6.42 Å². The molecule has 1 unspecified atom stereocenters. The lowest BCUT2D eigenvalue weighted by Crippen LogP contribution is -2.31. The predicted octanol–water partition coefficient (Wildman–Crippen LogP) is 1.72. The minimum absolute atomic E-state index is 0.108. The summed E-state index contributed by atoms with van der Waals surface area (Å²) in [5.41, 5.74) is 0.0906. The van der Waals surface area contributed by atoms with Gasteiger partial charge in [-0.05, 0) is 11.3 Å². The molecule has 0 aromatic carbocycles. The molecule has 0 heterocycles. The summed E-state index contributed by atoms with van der Waals surface area (Å²) in [5.74, 6) is -0.359. The Balaban J connectivity index is 3.05. The van der Waals surface area contributed by atoms with E-state index in [4.69, 9.17) is 0 Å². The van der Waals surface area contributed by atoms with E-state index in [-0.39, 0.29) is 22.7 Å². The molecule has 0 aromatic heterocycles. The highest BCUT2D eigenvalue weighted by Crippen LogP contribution is 2.36. The van der Waals surface area contributed by atoms with Crippen molar-refractivity contribution >= 4 is 11.8 Å². The van der Waals surface area contributed by atoms with Crippen LogP contribution >= 0.6 is 0 Å². The SMILES string of the molecule is COC(=O)C1=CC(C)(C)C(C)CC1=O. The number of hydrogen-bond donors (Lipinski definition) is 0. The number of carbonyl (C=O) groups is 2. The van der Waals surface area contributed by atoms with E-state index in [1.54, 1.807) is 6.08 Å². The summed E-state index contributed by atoms with van der Waals surface area (Å²) < 4.78 is 4.56. The molecule has 0 radical (unpaired) electrons. The van der Waals surface area contributed by atoms with Crippen LogP contribution in [-0.2, 0) is 14.3 Å². The highest BCUT2D eigenvalue weighted by molar-refractivity contribution is 6.17. The Morgan fingerprint density at radius 3 is 2.64 bits per heavy atom. The van der Waals surface area contributed by atoms with Crippen molar-refractivity contribution in [2.45, 2.75) is 27.2 Å². The molecule has 0 spiro atoms. The van der Waals surface area contributed by atoms with Crippen LogP contribution in [0.5, 0.6) is 0 Å². The lowest BCUT2D eigenvalue weighted by atomic mass is 9.71. The Bertz CT molecular complexity index is 300. The predicted molar refractivity (Wildman–Crippen MR) is 52.7 cm³/mol. The zero-order valence-corrected chi connectivity index (χ0v) is 9.09.